The molecule has 94 valence electrons. The molecule has 1 aromatic heterocycles. The molecule has 18 heavy (non-hydrogen) atoms. The number of rotatable bonds is 4. The average Bonchev–Trinajstić information content (AvgIpc) is 3.17. The summed E-state index contributed by atoms with van der Waals surface area (Å²) in [6, 6.07) is 8.76. The monoisotopic (exact) mass is 241 g/mol. The van der Waals surface area contributed by atoms with Gasteiger partial charge in [-0.15, -0.1) is 0 Å². The van der Waals surface area contributed by atoms with Crippen molar-refractivity contribution in [1.82, 2.24) is 10.2 Å². The van der Waals surface area contributed by atoms with Gasteiger partial charge in [0.05, 0.1) is 17.1 Å². The Morgan fingerprint density at radius 3 is 2.72 bits per heavy atom. The van der Waals surface area contributed by atoms with Gasteiger partial charge in [0.25, 0.3) is 0 Å². The molecule has 0 bridgehead atoms. The normalized spacial score (nSPS) is 14.8. The zero-order valence-electron chi connectivity index (χ0n) is 11.0. The third-order valence-corrected chi connectivity index (χ3v) is 3.66. The lowest BCUT2D eigenvalue weighted by atomic mass is 10.0. The second-order valence-electron chi connectivity index (χ2n) is 5.14. The molecule has 0 saturated heterocycles. The molecule has 1 heterocycles. The Hall–Kier alpha value is -1.77. The minimum Gasteiger partial charge on any atom is -0.378 e. The number of anilines is 1. The zero-order valence-corrected chi connectivity index (χ0v) is 11.0. The number of hydrogen-bond donors (Lipinski definition) is 2. The van der Waals surface area contributed by atoms with Crippen LogP contribution >= 0.6 is 0 Å². The molecule has 0 spiro atoms. The van der Waals surface area contributed by atoms with E-state index in [4.69, 9.17) is 0 Å². The topological polar surface area (TPSA) is 40.7 Å². The summed E-state index contributed by atoms with van der Waals surface area (Å²) >= 11 is 0. The number of hydrogen-bond acceptors (Lipinski definition) is 2. The summed E-state index contributed by atoms with van der Waals surface area (Å²) in [5, 5.41) is 10.7. The van der Waals surface area contributed by atoms with Crippen LogP contribution in [0.2, 0.25) is 0 Å². The van der Waals surface area contributed by atoms with E-state index in [9.17, 15) is 0 Å². The van der Waals surface area contributed by atoms with Crippen LogP contribution in [0.3, 0.4) is 0 Å². The van der Waals surface area contributed by atoms with Crippen molar-refractivity contribution in [3.8, 4) is 0 Å². The van der Waals surface area contributed by atoms with Gasteiger partial charge in [-0.05, 0) is 43.7 Å². The molecular weight excluding hydrogens is 222 g/mol. The maximum Gasteiger partial charge on any atom is 0.0825 e. The van der Waals surface area contributed by atoms with Crippen molar-refractivity contribution in [2.24, 2.45) is 0 Å². The molecule has 2 aromatic rings. The first-order valence-corrected chi connectivity index (χ1v) is 6.59. The Bertz CT molecular complexity index is 533. The summed E-state index contributed by atoms with van der Waals surface area (Å²) in [4.78, 5) is 0. The number of aromatic nitrogens is 2. The highest BCUT2D eigenvalue weighted by Crippen LogP contribution is 2.41. The number of aryl methyl sites for hydroxylation is 2. The quantitative estimate of drug-likeness (QED) is 0.860. The van der Waals surface area contributed by atoms with Crippen molar-refractivity contribution in [3.05, 3.63) is 46.8 Å². The van der Waals surface area contributed by atoms with Crippen LogP contribution in [0.4, 0.5) is 5.69 Å². The van der Waals surface area contributed by atoms with E-state index in [1.165, 1.54) is 24.0 Å². The van der Waals surface area contributed by atoms with Crippen LogP contribution in [-0.2, 0) is 6.54 Å². The largest absolute Gasteiger partial charge is 0.378 e. The lowest BCUT2D eigenvalue weighted by Crippen LogP contribution is -2.03. The molecule has 0 unspecified atom stereocenters. The molecule has 3 nitrogen and oxygen atoms in total. The number of aromatic amines is 1. The van der Waals surface area contributed by atoms with Gasteiger partial charge in [-0.25, -0.2) is 0 Å². The highest BCUT2D eigenvalue weighted by molar-refractivity contribution is 5.52. The lowest BCUT2D eigenvalue weighted by Gasteiger charge is -2.11. The van der Waals surface area contributed by atoms with Gasteiger partial charge in [0.1, 0.15) is 0 Å². The Balaban J connectivity index is 1.77. The second kappa shape index (κ2) is 4.48. The zero-order chi connectivity index (χ0) is 12.5. The number of H-pyrrole nitrogens is 1. The van der Waals surface area contributed by atoms with Gasteiger partial charge < -0.3 is 5.32 Å². The van der Waals surface area contributed by atoms with Crippen molar-refractivity contribution in [2.75, 3.05) is 5.32 Å². The van der Waals surface area contributed by atoms with Gasteiger partial charge in [-0.2, -0.15) is 5.10 Å². The Morgan fingerprint density at radius 1 is 1.28 bits per heavy atom. The molecule has 0 amide bonds. The van der Waals surface area contributed by atoms with Crippen LogP contribution in [0.15, 0.2) is 24.3 Å². The maximum absolute atomic E-state index is 4.21. The SMILES string of the molecule is Cc1n[nH]c(C)c1NCc1ccccc1C1CC1. The fraction of sp³-hybridized carbons (Fsp3) is 0.400. The highest BCUT2D eigenvalue weighted by atomic mass is 15.1. The molecule has 1 fully saturated rings. The maximum atomic E-state index is 4.21. The molecule has 1 aliphatic rings. The van der Waals surface area contributed by atoms with E-state index in [-0.39, 0.29) is 0 Å². The van der Waals surface area contributed by atoms with Gasteiger partial charge in [-0.3, -0.25) is 5.10 Å². The standard InChI is InChI=1S/C15H19N3/c1-10-15(11(2)18-17-10)16-9-13-5-3-4-6-14(13)12-7-8-12/h3-6,12,16H,7-9H2,1-2H3,(H,17,18). The Morgan fingerprint density at radius 2 is 2.06 bits per heavy atom. The minimum atomic E-state index is 0.801. The molecule has 0 aliphatic heterocycles. The number of nitrogens with zero attached hydrogens (tertiary/aromatic N) is 1. The molecule has 1 saturated carbocycles. The highest BCUT2D eigenvalue weighted by Gasteiger charge is 2.25. The molecule has 1 aliphatic carbocycles. The third-order valence-electron chi connectivity index (χ3n) is 3.66. The predicted molar refractivity (Wildman–Crippen MR) is 73.8 cm³/mol. The van der Waals surface area contributed by atoms with Crippen LogP contribution in [0, 0.1) is 13.8 Å². The first-order valence-electron chi connectivity index (χ1n) is 6.59. The van der Waals surface area contributed by atoms with Crippen molar-refractivity contribution in [1.29, 1.82) is 0 Å². The molecule has 3 rings (SSSR count). The van der Waals surface area contributed by atoms with E-state index >= 15 is 0 Å². The van der Waals surface area contributed by atoms with E-state index < -0.39 is 0 Å². The smallest absolute Gasteiger partial charge is 0.0825 e. The fourth-order valence-corrected chi connectivity index (χ4v) is 2.48. The second-order valence-corrected chi connectivity index (χ2v) is 5.14. The Labute approximate surface area is 108 Å². The van der Waals surface area contributed by atoms with Crippen LogP contribution in [0.25, 0.3) is 0 Å². The van der Waals surface area contributed by atoms with Crippen molar-refractivity contribution >= 4 is 5.69 Å². The molecule has 3 heteroatoms. The minimum absolute atomic E-state index is 0.801. The van der Waals surface area contributed by atoms with E-state index in [2.05, 4.69) is 46.7 Å². The van der Waals surface area contributed by atoms with Gasteiger partial charge in [0, 0.05) is 6.54 Å². The number of benzene rings is 1. The van der Waals surface area contributed by atoms with Crippen molar-refractivity contribution in [2.45, 2.75) is 39.2 Å². The van der Waals surface area contributed by atoms with E-state index in [1.54, 1.807) is 0 Å². The summed E-state index contributed by atoms with van der Waals surface area (Å²) < 4.78 is 0. The average molecular weight is 241 g/mol. The fourth-order valence-electron chi connectivity index (χ4n) is 2.48. The summed E-state index contributed by atoms with van der Waals surface area (Å²) in [7, 11) is 0. The molecule has 0 radical (unpaired) electrons. The van der Waals surface area contributed by atoms with E-state index in [1.807, 2.05) is 6.92 Å². The van der Waals surface area contributed by atoms with Gasteiger partial charge >= 0.3 is 0 Å². The van der Waals surface area contributed by atoms with Crippen molar-refractivity contribution < 1.29 is 0 Å². The van der Waals surface area contributed by atoms with Crippen LogP contribution < -0.4 is 5.32 Å². The van der Waals surface area contributed by atoms with Crippen LogP contribution in [0.5, 0.6) is 0 Å². The van der Waals surface area contributed by atoms with Crippen LogP contribution in [0.1, 0.15) is 41.3 Å². The van der Waals surface area contributed by atoms with Crippen LogP contribution in [-0.4, -0.2) is 10.2 Å². The lowest BCUT2D eigenvalue weighted by molar-refractivity contribution is 1.02. The summed E-state index contributed by atoms with van der Waals surface area (Å²) in [6.45, 7) is 4.96. The summed E-state index contributed by atoms with van der Waals surface area (Å²) in [6.07, 6.45) is 2.70. The first kappa shape index (κ1) is 11.3. The molecular formula is C15H19N3. The summed E-state index contributed by atoms with van der Waals surface area (Å²) in [5.74, 6) is 0.801. The molecule has 0 atom stereocenters. The van der Waals surface area contributed by atoms with Gasteiger partial charge in [-0.1, -0.05) is 24.3 Å². The predicted octanol–water partition coefficient (Wildman–Crippen LogP) is 3.52. The Kier molecular flexibility index (Phi) is 2.82. The van der Waals surface area contributed by atoms with Crippen molar-refractivity contribution in [3.63, 3.8) is 0 Å². The van der Waals surface area contributed by atoms with Gasteiger partial charge in [0.2, 0.25) is 0 Å². The van der Waals surface area contributed by atoms with E-state index in [0.29, 0.717) is 0 Å². The van der Waals surface area contributed by atoms with Gasteiger partial charge in [0.15, 0.2) is 0 Å². The third kappa shape index (κ3) is 2.13. The molecule has 2 N–H and O–H groups in total. The first-order chi connectivity index (χ1) is 8.75. The number of nitrogens with one attached hydrogen (secondary N) is 2. The summed E-state index contributed by atoms with van der Waals surface area (Å²) in [5.41, 5.74) is 6.22. The van der Waals surface area contributed by atoms with E-state index in [0.717, 1.165) is 29.5 Å². The molecule has 1 aromatic carbocycles.